The molecule has 0 unspecified atom stereocenters. The molecule has 0 fully saturated rings. The predicted octanol–water partition coefficient (Wildman–Crippen LogP) is 0.868. The number of nitrogens with two attached hydrogens (primary N) is 1. The zero-order valence-corrected chi connectivity index (χ0v) is 8.90. The third kappa shape index (κ3) is 1.17. The predicted molar refractivity (Wildman–Crippen MR) is 59.6 cm³/mol. The molecule has 1 aromatic carbocycles. The number of hydrogen-bond acceptors (Lipinski definition) is 4. The molecule has 0 atom stereocenters. The quantitative estimate of drug-likeness (QED) is 0.675. The molecule has 0 spiro atoms. The van der Waals surface area contributed by atoms with Crippen LogP contribution in [-0.4, -0.2) is 18.4 Å². The second-order valence-electron chi connectivity index (χ2n) is 3.52. The van der Waals surface area contributed by atoms with Crippen LogP contribution >= 0.6 is 0 Å². The third-order valence-electron chi connectivity index (χ3n) is 2.52. The molecule has 0 aliphatic rings. The zero-order valence-electron chi connectivity index (χ0n) is 8.08. The van der Waals surface area contributed by atoms with Gasteiger partial charge in [0.15, 0.2) is 5.65 Å². The van der Waals surface area contributed by atoms with Crippen LogP contribution in [-0.2, 0) is 10.0 Å². The second-order valence-corrected chi connectivity index (χ2v) is 5.05. The number of fused-ring (bicyclic) bond motifs is 2. The summed E-state index contributed by atoms with van der Waals surface area (Å²) >= 11 is 0. The molecule has 0 radical (unpaired) electrons. The molecule has 0 aliphatic carbocycles. The van der Waals surface area contributed by atoms with E-state index >= 15 is 0 Å². The highest BCUT2D eigenvalue weighted by Gasteiger charge is 2.16. The number of hydrogen-bond donors (Lipinski definition) is 1. The summed E-state index contributed by atoms with van der Waals surface area (Å²) < 4.78 is 22.9. The monoisotopic (exact) mass is 233 g/mol. The number of nitrogens with zero attached hydrogens (tertiary/aromatic N) is 2. The van der Waals surface area contributed by atoms with Gasteiger partial charge in [-0.3, -0.25) is 0 Å². The molecule has 4 rings (SSSR count). The Hall–Kier alpha value is -1.79. The van der Waals surface area contributed by atoms with Crippen molar-refractivity contribution in [2.24, 2.45) is 5.14 Å². The van der Waals surface area contributed by atoms with Crippen molar-refractivity contribution in [3.63, 3.8) is 0 Å². The normalized spacial score (nSPS) is 12.6. The highest BCUT2D eigenvalue weighted by Crippen LogP contribution is 2.28. The van der Waals surface area contributed by atoms with Crippen molar-refractivity contribution in [3.8, 4) is 0 Å². The Morgan fingerprint density at radius 2 is 1.81 bits per heavy atom. The van der Waals surface area contributed by atoms with Gasteiger partial charge in [0.1, 0.15) is 0 Å². The van der Waals surface area contributed by atoms with E-state index < -0.39 is 10.0 Å². The first-order valence-electron chi connectivity index (χ1n) is 4.56. The first-order valence-corrected chi connectivity index (χ1v) is 6.10. The molecule has 2 bridgehead atoms. The van der Waals surface area contributed by atoms with Crippen LogP contribution in [0.25, 0.3) is 21.8 Å². The van der Waals surface area contributed by atoms with E-state index in [0.717, 1.165) is 10.8 Å². The molecular weight excluding hydrogens is 226 g/mol. The van der Waals surface area contributed by atoms with Gasteiger partial charge in [0, 0.05) is 23.2 Å². The van der Waals surface area contributed by atoms with Crippen LogP contribution in [0, 0.1) is 0 Å². The molecule has 3 aromatic heterocycles. The van der Waals surface area contributed by atoms with Crippen molar-refractivity contribution < 1.29 is 8.42 Å². The van der Waals surface area contributed by atoms with Crippen molar-refractivity contribution in [3.05, 3.63) is 30.6 Å². The number of sulfonamides is 1. The standard InChI is InChI=1S/C10H7N3O2S/c11-16(14,15)8-3-1-2-7-6-4-12-10(9(7)8)13-5-6/h1-5H,(H2,11,14,15). The zero-order chi connectivity index (χ0) is 11.3. The minimum Gasteiger partial charge on any atom is -0.236 e. The maximum absolute atomic E-state index is 11.4. The summed E-state index contributed by atoms with van der Waals surface area (Å²) in [4.78, 5) is 8.18. The molecule has 6 heteroatoms. The molecule has 4 aromatic rings. The van der Waals surface area contributed by atoms with Gasteiger partial charge < -0.3 is 0 Å². The van der Waals surface area contributed by atoms with Crippen LogP contribution in [0.1, 0.15) is 0 Å². The van der Waals surface area contributed by atoms with Crippen molar-refractivity contribution in [2.45, 2.75) is 4.90 Å². The van der Waals surface area contributed by atoms with Crippen molar-refractivity contribution in [1.82, 2.24) is 9.97 Å². The van der Waals surface area contributed by atoms with Crippen molar-refractivity contribution >= 4 is 31.8 Å². The lowest BCUT2D eigenvalue weighted by atomic mass is 10.1. The van der Waals surface area contributed by atoms with E-state index in [1.54, 1.807) is 18.5 Å². The summed E-state index contributed by atoms with van der Waals surface area (Å²) in [7, 11) is -3.75. The Labute approximate surface area is 91.3 Å². The van der Waals surface area contributed by atoms with Crippen LogP contribution in [0.15, 0.2) is 35.5 Å². The van der Waals surface area contributed by atoms with Gasteiger partial charge in [-0.1, -0.05) is 12.1 Å². The highest BCUT2D eigenvalue weighted by atomic mass is 32.2. The lowest BCUT2D eigenvalue weighted by molar-refractivity contribution is 0.598. The summed E-state index contributed by atoms with van der Waals surface area (Å²) in [6, 6.07) is 4.96. The van der Waals surface area contributed by atoms with Gasteiger partial charge in [-0.25, -0.2) is 23.5 Å². The lowest BCUT2D eigenvalue weighted by Gasteiger charge is -2.08. The molecular formula is C10H7N3O2S. The summed E-state index contributed by atoms with van der Waals surface area (Å²) in [5.41, 5.74) is 0.398. The van der Waals surface area contributed by atoms with Gasteiger partial charge in [0.25, 0.3) is 0 Å². The molecule has 80 valence electrons. The number of pyridine rings is 2. The molecule has 0 amide bonds. The average molecular weight is 233 g/mol. The minimum absolute atomic E-state index is 0.0752. The van der Waals surface area contributed by atoms with Crippen LogP contribution in [0.3, 0.4) is 0 Å². The number of primary sulfonamides is 1. The Bertz CT molecular complexity index is 762. The fourth-order valence-electron chi connectivity index (χ4n) is 1.84. The Kier molecular flexibility index (Phi) is 1.69. The summed E-state index contributed by atoms with van der Waals surface area (Å²) in [6.45, 7) is 0. The van der Waals surface area contributed by atoms with E-state index in [0.29, 0.717) is 11.0 Å². The van der Waals surface area contributed by atoms with Crippen LogP contribution in [0.5, 0.6) is 0 Å². The van der Waals surface area contributed by atoms with E-state index in [1.807, 2.05) is 6.07 Å². The van der Waals surface area contributed by atoms with Crippen LogP contribution < -0.4 is 5.14 Å². The largest absolute Gasteiger partial charge is 0.238 e. The third-order valence-corrected chi connectivity index (χ3v) is 3.47. The molecule has 0 saturated carbocycles. The van der Waals surface area contributed by atoms with E-state index in [-0.39, 0.29) is 4.90 Å². The number of rotatable bonds is 1. The molecule has 16 heavy (non-hydrogen) atoms. The van der Waals surface area contributed by atoms with Gasteiger partial charge in [-0.05, 0) is 11.5 Å². The minimum atomic E-state index is -3.75. The van der Waals surface area contributed by atoms with E-state index in [2.05, 4.69) is 9.97 Å². The maximum Gasteiger partial charge on any atom is 0.238 e. The molecule has 0 aliphatic heterocycles. The Morgan fingerprint density at radius 1 is 1.12 bits per heavy atom. The highest BCUT2D eigenvalue weighted by molar-refractivity contribution is 7.89. The molecule has 2 N–H and O–H groups in total. The molecule has 3 heterocycles. The topological polar surface area (TPSA) is 85.9 Å². The van der Waals surface area contributed by atoms with Crippen LogP contribution in [0.2, 0.25) is 0 Å². The Balaban J connectivity index is 2.64. The lowest BCUT2D eigenvalue weighted by Crippen LogP contribution is -2.13. The van der Waals surface area contributed by atoms with Gasteiger partial charge in [0.2, 0.25) is 10.0 Å². The fourth-order valence-corrected chi connectivity index (χ4v) is 2.59. The van der Waals surface area contributed by atoms with E-state index in [9.17, 15) is 8.42 Å². The Morgan fingerprint density at radius 3 is 2.44 bits per heavy atom. The molecule has 0 saturated heterocycles. The van der Waals surface area contributed by atoms with Gasteiger partial charge in [-0.15, -0.1) is 0 Å². The second kappa shape index (κ2) is 2.87. The SMILES string of the molecule is NS(=O)(=O)c1cccc2c3cnc(nc3)c12. The first kappa shape index (κ1) is 9.44. The smallest absolute Gasteiger partial charge is 0.236 e. The van der Waals surface area contributed by atoms with E-state index in [1.165, 1.54) is 6.07 Å². The fraction of sp³-hybridized carbons (Fsp3) is 0. The first-order chi connectivity index (χ1) is 7.57. The molecule has 5 nitrogen and oxygen atoms in total. The summed E-state index contributed by atoms with van der Waals surface area (Å²) in [6.07, 6.45) is 3.33. The van der Waals surface area contributed by atoms with E-state index in [4.69, 9.17) is 5.14 Å². The summed E-state index contributed by atoms with van der Waals surface area (Å²) in [5.74, 6) is 0. The van der Waals surface area contributed by atoms with Crippen molar-refractivity contribution in [2.75, 3.05) is 0 Å². The van der Waals surface area contributed by atoms with Gasteiger partial charge in [-0.2, -0.15) is 0 Å². The average Bonchev–Trinajstić information content (AvgIpc) is 2.29. The van der Waals surface area contributed by atoms with Gasteiger partial charge in [0.05, 0.1) is 4.90 Å². The van der Waals surface area contributed by atoms with Crippen molar-refractivity contribution in [1.29, 1.82) is 0 Å². The van der Waals surface area contributed by atoms with Crippen LogP contribution in [0.4, 0.5) is 0 Å². The maximum atomic E-state index is 11.4. The van der Waals surface area contributed by atoms with Gasteiger partial charge >= 0.3 is 0 Å². The summed E-state index contributed by atoms with van der Waals surface area (Å²) in [5, 5.41) is 7.28. The number of benzene rings is 1. The number of aromatic nitrogens is 2.